The summed E-state index contributed by atoms with van der Waals surface area (Å²) in [5, 5.41) is 10.5. The van der Waals surface area contributed by atoms with Crippen molar-refractivity contribution in [2.45, 2.75) is 44.6 Å². The fraction of sp³-hybridized carbons (Fsp3) is 0.562. The van der Waals surface area contributed by atoms with Gasteiger partial charge in [-0.05, 0) is 50.0 Å². The van der Waals surface area contributed by atoms with Gasteiger partial charge in [-0.15, -0.1) is 0 Å². The van der Waals surface area contributed by atoms with E-state index in [0.717, 1.165) is 31.5 Å². The molecule has 1 heterocycles. The number of likely N-dealkylation sites (tertiary alicyclic amines) is 1. The van der Waals surface area contributed by atoms with Gasteiger partial charge in [-0.3, -0.25) is 4.90 Å². The van der Waals surface area contributed by atoms with E-state index in [1.807, 2.05) is 19.1 Å². The average Bonchev–Trinajstić information content (AvgIpc) is 2.69. The van der Waals surface area contributed by atoms with E-state index in [-0.39, 0.29) is 0 Å². The predicted molar refractivity (Wildman–Crippen MR) is 81.1 cm³/mol. The van der Waals surface area contributed by atoms with Crippen LogP contribution in [0.3, 0.4) is 0 Å². The Bertz CT molecular complexity index is 469. The van der Waals surface area contributed by atoms with Gasteiger partial charge in [0.25, 0.3) is 0 Å². The van der Waals surface area contributed by atoms with E-state index in [1.165, 1.54) is 12.8 Å². The quantitative estimate of drug-likeness (QED) is 0.915. The number of aliphatic carboxylic acids is 1. The molecule has 3 nitrogen and oxygen atoms in total. The summed E-state index contributed by atoms with van der Waals surface area (Å²) in [6.45, 7) is 3.62. The smallest absolute Gasteiger partial charge is 0.328 e. The van der Waals surface area contributed by atoms with Gasteiger partial charge < -0.3 is 5.11 Å². The van der Waals surface area contributed by atoms with E-state index in [4.69, 9.17) is 11.6 Å². The van der Waals surface area contributed by atoms with E-state index in [0.29, 0.717) is 11.4 Å². The molecule has 1 aliphatic heterocycles. The first-order valence-electron chi connectivity index (χ1n) is 7.35. The lowest BCUT2D eigenvalue weighted by Gasteiger charge is -2.40. The fourth-order valence-corrected chi connectivity index (χ4v) is 3.41. The Morgan fingerprint density at radius 3 is 2.45 bits per heavy atom. The molecule has 0 bridgehead atoms. The van der Waals surface area contributed by atoms with Gasteiger partial charge >= 0.3 is 5.97 Å². The van der Waals surface area contributed by atoms with E-state index < -0.39 is 11.5 Å². The zero-order valence-corrected chi connectivity index (χ0v) is 12.7. The second-order valence-corrected chi connectivity index (χ2v) is 5.87. The molecule has 2 rings (SSSR count). The highest BCUT2D eigenvalue weighted by molar-refractivity contribution is 6.30. The Morgan fingerprint density at radius 1 is 1.30 bits per heavy atom. The second-order valence-electron chi connectivity index (χ2n) is 5.43. The molecular weight excluding hydrogens is 274 g/mol. The van der Waals surface area contributed by atoms with Crippen molar-refractivity contribution in [3.63, 3.8) is 0 Å². The molecule has 1 aromatic rings. The Kier molecular flexibility index (Phi) is 5.06. The van der Waals surface area contributed by atoms with Crippen LogP contribution in [0.5, 0.6) is 0 Å². The highest BCUT2D eigenvalue weighted by Crippen LogP contribution is 2.35. The van der Waals surface area contributed by atoms with Crippen LogP contribution in [-0.2, 0) is 10.3 Å². The standard InChI is InChI=1S/C16H22ClNO2/c1-2-16(15(19)20,13-8-7-9-14(17)12-13)18-10-5-3-4-6-11-18/h7-9,12H,2-6,10-11H2,1H3,(H,19,20). The maximum atomic E-state index is 12.1. The molecule has 1 aromatic carbocycles. The van der Waals surface area contributed by atoms with Crippen molar-refractivity contribution in [2.75, 3.05) is 13.1 Å². The Morgan fingerprint density at radius 2 is 1.95 bits per heavy atom. The Hall–Kier alpha value is -1.06. The van der Waals surface area contributed by atoms with Gasteiger partial charge in [0.05, 0.1) is 0 Å². The lowest BCUT2D eigenvalue weighted by molar-refractivity contribution is -0.153. The molecule has 1 N–H and O–H groups in total. The van der Waals surface area contributed by atoms with E-state index in [1.54, 1.807) is 12.1 Å². The van der Waals surface area contributed by atoms with E-state index in [2.05, 4.69) is 4.90 Å². The number of carboxylic acids is 1. The summed E-state index contributed by atoms with van der Waals surface area (Å²) in [5.74, 6) is -0.774. The van der Waals surface area contributed by atoms with Crippen LogP contribution in [0.4, 0.5) is 0 Å². The summed E-state index contributed by atoms with van der Waals surface area (Å²) < 4.78 is 0. The molecule has 1 atom stereocenters. The van der Waals surface area contributed by atoms with E-state index >= 15 is 0 Å². The van der Waals surface area contributed by atoms with Crippen molar-refractivity contribution in [1.82, 2.24) is 4.90 Å². The minimum Gasteiger partial charge on any atom is -0.480 e. The van der Waals surface area contributed by atoms with Crippen molar-refractivity contribution >= 4 is 17.6 Å². The van der Waals surface area contributed by atoms with Gasteiger partial charge in [0.2, 0.25) is 0 Å². The minimum absolute atomic E-state index is 0.544. The molecule has 1 saturated heterocycles. The van der Waals surface area contributed by atoms with Gasteiger partial charge in [-0.2, -0.15) is 0 Å². The molecule has 4 heteroatoms. The van der Waals surface area contributed by atoms with Gasteiger partial charge in [-0.1, -0.05) is 43.5 Å². The molecule has 0 amide bonds. The molecule has 1 aliphatic rings. The highest BCUT2D eigenvalue weighted by atomic mass is 35.5. The molecule has 0 saturated carbocycles. The molecule has 0 aromatic heterocycles. The number of carbonyl (C=O) groups is 1. The lowest BCUT2D eigenvalue weighted by atomic mass is 9.85. The Labute approximate surface area is 125 Å². The topological polar surface area (TPSA) is 40.5 Å². The first-order valence-corrected chi connectivity index (χ1v) is 7.73. The number of benzene rings is 1. The maximum absolute atomic E-state index is 12.1. The molecule has 1 unspecified atom stereocenters. The van der Waals surface area contributed by atoms with Crippen LogP contribution in [0.2, 0.25) is 5.02 Å². The van der Waals surface area contributed by atoms with Crippen LogP contribution in [0.15, 0.2) is 24.3 Å². The van der Waals surface area contributed by atoms with Crippen LogP contribution in [-0.4, -0.2) is 29.1 Å². The third kappa shape index (κ3) is 2.84. The van der Waals surface area contributed by atoms with Crippen molar-refractivity contribution in [3.8, 4) is 0 Å². The average molecular weight is 296 g/mol. The third-order valence-electron chi connectivity index (χ3n) is 4.31. The molecule has 0 spiro atoms. The monoisotopic (exact) mass is 295 g/mol. The third-order valence-corrected chi connectivity index (χ3v) is 4.55. The van der Waals surface area contributed by atoms with Crippen LogP contribution in [0.25, 0.3) is 0 Å². The molecule has 1 fully saturated rings. The summed E-state index contributed by atoms with van der Waals surface area (Å²) in [5.41, 5.74) is -0.156. The van der Waals surface area contributed by atoms with Crippen LogP contribution >= 0.6 is 11.6 Å². The normalized spacial score (nSPS) is 20.1. The van der Waals surface area contributed by atoms with Crippen LogP contribution in [0.1, 0.15) is 44.6 Å². The molecule has 110 valence electrons. The number of rotatable bonds is 4. The summed E-state index contributed by atoms with van der Waals surface area (Å²) in [6, 6.07) is 7.30. The summed E-state index contributed by atoms with van der Waals surface area (Å²) in [4.78, 5) is 14.2. The first kappa shape index (κ1) is 15.3. The zero-order valence-electron chi connectivity index (χ0n) is 11.9. The van der Waals surface area contributed by atoms with Crippen molar-refractivity contribution in [3.05, 3.63) is 34.9 Å². The minimum atomic E-state index is -0.949. The predicted octanol–water partition coefficient (Wildman–Crippen LogP) is 3.91. The maximum Gasteiger partial charge on any atom is 0.328 e. The molecule has 0 radical (unpaired) electrons. The summed E-state index contributed by atoms with van der Waals surface area (Å²) in [7, 11) is 0. The SMILES string of the molecule is CCC(C(=O)O)(c1cccc(Cl)c1)N1CCCCCC1. The van der Waals surface area contributed by atoms with E-state index in [9.17, 15) is 9.90 Å². The number of nitrogens with zero attached hydrogens (tertiary/aromatic N) is 1. The lowest BCUT2D eigenvalue weighted by Crippen LogP contribution is -2.52. The van der Waals surface area contributed by atoms with Gasteiger partial charge in [0, 0.05) is 5.02 Å². The van der Waals surface area contributed by atoms with Gasteiger partial charge in [-0.25, -0.2) is 4.79 Å². The van der Waals surface area contributed by atoms with Crippen LogP contribution < -0.4 is 0 Å². The number of carboxylic acid groups (broad SMARTS) is 1. The summed E-state index contributed by atoms with van der Waals surface area (Å²) in [6.07, 6.45) is 5.05. The molecule has 0 aliphatic carbocycles. The molecular formula is C16H22ClNO2. The van der Waals surface area contributed by atoms with Crippen molar-refractivity contribution in [2.24, 2.45) is 0 Å². The largest absolute Gasteiger partial charge is 0.480 e. The second kappa shape index (κ2) is 6.59. The van der Waals surface area contributed by atoms with Gasteiger partial charge in [0.1, 0.15) is 5.54 Å². The number of hydrogen-bond donors (Lipinski definition) is 1. The summed E-state index contributed by atoms with van der Waals surface area (Å²) >= 11 is 6.07. The van der Waals surface area contributed by atoms with Crippen molar-refractivity contribution in [1.29, 1.82) is 0 Å². The zero-order chi connectivity index (χ0) is 14.6. The van der Waals surface area contributed by atoms with Gasteiger partial charge in [0.15, 0.2) is 0 Å². The fourth-order valence-electron chi connectivity index (χ4n) is 3.22. The Balaban J connectivity index is 2.46. The number of hydrogen-bond acceptors (Lipinski definition) is 2. The number of halogens is 1. The van der Waals surface area contributed by atoms with Crippen molar-refractivity contribution < 1.29 is 9.90 Å². The molecule has 20 heavy (non-hydrogen) atoms. The first-order chi connectivity index (χ1) is 9.61. The highest BCUT2D eigenvalue weighted by Gasteiger charge is 2.44. The van der Waals surface area contributed by atoms with Crippen LogP contribution in [0, 0.1) is 0 Å².